The summed E-state index contributed by atoms with van der Waals surface area (Å²) in [6.07, 6.45) is 4.16. The van der Waals surface area contributed by atoms with Crippen LogP contribution in [-0.4, -0.2) is 23.6 Å². The molecule has 2 unspecified atom stereocenters. The van der Waals surface area contributed by atoms with E-state index in [0.717, 1.165) is 41.0 Å². The summed E-state index contributed by atoms with van der Waals surface area (Å²) in [6.45, 7) is 4.68. The summed E-state index contributed by atoms with van der Waals surface area (Å²) in [4.78, 5) is 15.9. The van der Waals surface area contributed by atoms with E-state index in [1.54, 1.807) is 0 Å². The van der Waals surface area contributed by atoms with Crippen LogP contribution in [0, 0.1) is 5.92 Å². The van der Waals surface area contributed by atoms with Crippen LogP contribution >= 0.6 is 11.8 Å². The van der Waals surface area contributed by atoms with Gasteiger partial charge in [-0.05, 0) is 115 Å². The van der Waals surface area contributed by atoms with Gasteiger partial charge in [0.25, 0.3) is 0 Å². The number of hydrogen-bond acceptors (Lipinski definition) is 4. The Morgan fingerprint density at radius 3 is 2.16 bits per heavy atom. The molecule has 0 amide bonds. The topological polar surface area (TPSA) is 28.0 Å². The fraction of sp³-hybridized carbons (Fsp3) is 0.148. The van der Waals surface area contributed by atoms with E-state index in [9.17, 15) is 0 Å². The minimum absolute atomic E-state index is 0.219. The summed E-state index contributed by atoms with van der Waals surface area (Å²) in [7, 11) is 2.17. The summed E-state index contributed by atoms with van der Waals surface area (Å²) in [5.41, 5.74) is 15.2. The van der Waals surface area contributed by atoms with Gasteiger partial charge in [0, 0.05) is 22.4 Å². The lowest BCUT2D eigenvalue weighted by molar-refractivity contribution is 0.380. The SMILES string of the molecule is CCc1cccc(-c2ccc3c(c2)C2=C(C(C)CC(C4=NC(c5cccc6ccccc56)=NC(c5ccccc5)N4C)=C2)C32c3ccccc3Sc3ccccc32)c1. The van der Waals surface area contributed by atoms with E-state index in [1.807, 2.05) is 11.8 Å². The molecular weight excluding hydrogens is 723 g/mol. The van der Waals surface area contributed by atoms with Crippen LogP contribution in [0.15, 0.2) is 201 Å². The van der Waals surface area contributed by atoms with Gasteiger partial charge in [-0.3, -0.25) is 0 Å². The summed E-state index contributed by atoms with van der Waals surface area (Å²) in [6, 6.07) is 60.4. The number of hydrogen-bond donors (Lipinski definition) is 0. The van der Waals surface area contributed by atoms with Crippen LogP contribution < -0.4 is 0 Å². The first kappa shape index (κ1) is 35.0. The number of likely N-dealkylation sites (N-methyl/N-ethyl adjacent to an activating group) is 1. The van der Waals surface area contributed by atoms with E-state index in [4.69, 9.17) is 9.98 Å². The lowest BCUT2D eigenvalue weighted by Gasteiger charge is -2.44. The third kappa shape index (κ3) is 5.28. The molecule has 4 aliphatic rings. The van der Waals surface area contributed by atoms with Gasteiger partial charge in [0.2, 0.25) is 0 Å². The number of benzene rings is 7. The molecular formula is C54H43N3S. The Balaban J connectivity index is 1.16. The molecule has 7 aromatic carbocycles. The summed E-state index contributed by atoms with van der Waals surface area (Å²) in [5, 5.41) is 2.35. The Morgan fingerprint density at radius 2 is 1.36 bits per heavy atom. The van der Waals surface area contributed by atoms with Crippen molar-refractivity contribution in [3.8, 4) is 11.1 Å². The second kappa shape index (κ2) is 13.7. The molecule has 4 heteroatoms. The third-order valence-electron chi connectivity index (χ3n) is 12.8. The van der Waals surface area contributed by atoms with Gasteiger partial charge in [-0.1, -0.05) is 171 Å². The lowest BCUT2D eigenvalue weighted by Crippen LogP contribution is -2.39. The van der Waals surface area contributed by atoms with Gasteiger partial charge in [0.15, 0.2) is 5.84 Å². The molecule has 2 atom stereocenters. The minimum Gasteiger partial charge on any atom is -0.334 e. The molecule has 280 valence electrons. The summed E-state index contributed by atoms with van der Waals surface area (Å²) >= 11 is 1.91. The second-order valence-electron chi connectivity index (χ2n) is 16.1. The molecule has 0 radical (unpaired) electrons. The quantitative estimate of drug-likeness (QED) is 0.175. The lowest BCUT2D eigenvalue weighted by atomic mass is 9.62. The molecule has 11 rings (SSSR count). The zero-order valence-corrected chi connectivity index (χ0v) is 33.8. The fourth-order valence-electron chi connectivity index (χ4n) is 10.2. The van der Waals surface area contributed by atoms with Crippen molar-refractivity contribution in [1.82, 2.24) is 4.90 Å². The van der Waals surface area contributed by atoms with Gasteiger partial charge in [0.1, 0.15) is 12.0 Å². The Labute approximate surface area is 345 Å². The highest BCUT2D eigenvalue weighted by Crippen LogP contribution is 2.64. The molecule has 58 heavy (non-hydrogen) atoms. The van der Waals surface area contributed by atoms with Gasteiger partial charge in [-0.15, -0.1) is 0 Å². The number of allylic oxidation sites excluding steroid dienone is 3. The van der Waals surface area contributed by atoms with Gasteiger partial charge in [-0.2, -0.15) is 0 Å². The Hall–Kier alpha value is -6.23. The van der Waals surface area contributed by atoms with Crippen molar-refractivity contribution in [2.45, 2.75) is 48.1 Å². The van der Waals surface area contributed by atoms with E-state index in [2.05, 4.69) is 196 Å². The van der Waals surface area contributed by atoms with Crippen molar-refractivity contribution >= 4 is 39.8 Å². The Morgan fingerprint density at radius 1 is 0.672 bits per heavy atom. The molecule has 0 N–H and O–H groups in total. The highest BCUT2D eigenvalue weighted by Gasteiger charge is 2.53. The number of amidine groups is 2. The molecule has 2 heterocycles. The zero-order valence-electron chi connectivity index (χ0n) is 33.0. The molecule has 0 fully saturated rings. The fourth-order valence-corrected chi connectivity index (χ4v) is 11.4. The van der Waals surface area contributed by atoms with E-state index in [1.165, 1.54) is 70.8 Å². The van der Waals surface area contributed by atoms with Gasteiger partial charge >= 0.3 is 0 Å². The maximum absolute atomic E-state index is 5.55. The van der Waals surface area contributed by atoms with Crippen molar-refractivity contribution in [2.24, 2.45) is 15.9 Å². The normalized spacial score (nSPS) is 18.9. The predicted molar refractivity (Wildman–Crippen MR) is 242 cm³/mol. The first-order valence-corrected chi connectivity index (χ1v) is 21.3. The number of nitrogens with zero attached hydrogens (tertiary/aromatic N) is 3. The Kier molecular flexibility index (Phi) is 8.27. The molecule has 0 saturated carbocycles. The van der Waals surface area contributed by atoms with Crippen molar-refractivity contribution in [3.05, 3.63) is 220 Å². The van der Waals surface area contributed by atoms with Crippen LogP contribution in [0.1, 0.15) is 65.4 Å². The van der Waals surface area contributed by atoms with E-state index < -0.39 is 5.41 Å². The standard InChI is InChI=1S/C54H43N3S/c1-4-35-16-14-21-38(31-35)39-28-29-45-43(32-39)44-33-40(30-34(2)50(44)54(45)46-24-10-12-26-48(46)58-49-27-13-11-25-47(49)54)53-56-51(42-23-15-20-36-17-8-9-22-41(36)42)55-52(57(53)3)37-18-6-5-7-19-37/h5-29,31-34,52H,4,30H2,1-3H3. The summed E-state index contributed by atoms with van der Waals surface area (Å²) in [5.74, 6) is 1.99. The number of fused-ring (bicyclic) bond motifs is 9. The van der Waals surface area contributed by atoms with Crippen LogP contribution in [0.5, 0.6) is 0 Å². The van der Waals surface area contributed by atoms with Gasteiger partial charge in [0.05, 0.1) is 5.41 Å². The van der Waals surface area contributed by atoms with Crippen LogP contribution in [-0.2, 0) is 11.8 Å². The maximum Gasteiger partial charge on any atom is 0.160 e. The van der Waals surface area contributed by atoms with Crippen LogP contribution in [0.2, 0.25) is 0 Å². The molecule has 1 spiro atoms. The molecule has 3 nitrogen and oxygen atoms in total. The molecule has 0 aromatic heterocycles. The van der Waals surface area contributed by atoms with Crippen LogP contribution in [0.3, 0.4) is 0 Å². The second-order valence-corrected chi connectivity index (χ2v) is 17.2. The van der Waals surface area contributed by atoms with E-state index in [0.29, 0.717) is 0 Å². The molecule has 7 aromatic rings. The van der Waals surface area contributed by atoms with Crippen molar-refractivity contribution in [1.29, 1.82) is 0 Å². The van der Waals surface area contributed by atoms with E-state index >= 15 is 0 Å². The number of aryl methyl sites for hydroxylation is 1. The number of aliphatic imine (C=N–C) groups is 2. The van der Waals surface area contributed by atoms with Gasteiger partial charge in [-0.25, -0.2) is 9.98 Å². The third-order valence-corrected chi connectivity index (χ3v) is 13.9. The molecule has 2 aliphatic heterocycles. The first-order valence-electron chi connectivity index (χ1n) is 20.5. The minimum atomic E-state index is -0.406. The Bertz CT molecular complexity index is 2880. The first-order chi connectivity index (χ1) is 28.5. The van der Waals surface area contributed by atoms with Crippen LogP contribution in [0.4, 0.5) is 0 Å². The number of rotatable bonds is 5. The summed E-state index contributed by atoms with van der Waals surface area (Å²) < 4.78 is 0. The molecule has 0 saturated heterocycles. The zero-order chi connectivity index (χ0) is 39.0. The van der Waals surface area contributed by atoms with Crippen molar-refractivity contribution in [3.63, 3.8) is 0 Å². The molecule has 2 aliphatic carbocycles. The maximum atomic E-state index is 5.55. The van der Waals surface area contributed by atoms with E-state index in [-0.39, 0.29) is 12.1 Å². The van der Waals surface area contributed by atoms with Crippen LogP contribution in [0.25, 0.3) is 27.5 Å². The van der Waals surface area contributed by atoms with Gasteiger partial charge < -0.3 is 4.90 Å². The predicted octanol–water partition coefficient (Wildman–Crippen LogP) is 13.1. The van der Waals surface area contributed by atoms with Crippen molar-refractivity contribution < 1.29 is 0 Å². The molecule has 0 bridgehead atoms. The average molecular weight is 766 g/mol. The highest BCUT2D eigenvalue weighted by atomic mass is 32.2. The average Bonchev–Trinajstić information content (AvgIpc) is 3.57. The monoisotopic (exact) mass is 765 g/mol. The smallest absolute Gasteiger partial charge is 0.160 e. The highest BCUT2D eigenvalue weighted by molar-refractivity contribution is 7.99. The largest absolute Gasteiger partial charge is 0.334 e. The van der Waals surface area contributed by atoms with Crippen molar-refractivity contribution in [2.75, 3.05) is 7.05 Å².